The molecule has 0 atom stereocenters. The van der Waals surface area contributed by atoms with E-state index in [1.165, 1.54) is 6.20 Å². The van der Waals surface area contributed by atoms with Crippen molar-refractivity contribution < 1.29 is 18.3 Å². The smallest absolute Gasteiger partial charge is 0.396 e. The first-order chi connectivity index (χ1) is 8.45. The lowest BCUT2D eigenvalue weighted by molar-refractivity contribution is -0.137. The molecule has 0 unspecified atom stereocenters. The Balaban J connectivity index is 2.65. The molecule has 7 heteroatoms. The fourth-order valence-corrected chi connectivity index (χ4v) is 1.75. The lowest BCUT2D eigenvalue weighted by atomic mass is 10.2. The second-order valence-electron chi connectivity index (χ2n) is 3.76. The number of rotatable bonds is 6. The summed E-state index contributed by atoms with van der Waals surface area (Å²) in [5.74, 6) is -0.158. The molecule has 0 aromatic carbocycles. The second-order valence-corrected chi connectivity index (χ2v) is 4.67. The molecule has 2 N–H and O–H groups in total. The summed E-state index contributed by atoms with van der Waals surface area (Å²) in [6, 6.07) is 1.00. The van der Waals surface area contributed by atoms with E-state index in [-0.39, 0.29) is 12.4 Å². The van der Waals surface area contributed by atoms with Crippen molar-refractivity contribution in [1.82, 2.24) is 4.98 Å². The first-order valence-electron chi connectivity index (χ1n) is 5.52. The zero-order chi connectivity index (χ0) is 13.6. The van der Waals surface area contributed by atoms with E-state index in [0.29, 0.717) is 23.9 Å². The summed E-state index contributed by atoms with van der Waals surface area (Å²) in [4.78, 5) is 3.74. The highest BCUT2D eigenvalue weighted by Gasteiger charge is 2.34. The average molecular weight is 327 g/mol. The summed E-state index contributed by atoms with van der Waals surface area (Å²) in [6.07, 6.45) is -0.992. The third kappa shape index (κ3) is 4.81. The molecule has 0 saturated carbocycles. The van der Waals surface area contributed by atoms with Gasteiger partial charge in [-0.25, -0.2) is 4.98 Å². The number of aromatic nitrogens is 1. The van der Waals surface area contributed by atoms with Gasteiger partial charge in [-0.05, 0) is 41.3 Å². The van der Waals surface area contributed by atoms with Gasteiger partial charge in [-0.2, -0.15) is 13.2 Å². The number of nitrogens with zero attached hydrogens (tertiary/aromatic N) is 1. The van der Waals surface area contributed by atoms with E-state index in [1.807, 2.05) is 0 Å². The topological polar surface area (TPSA) is 45.1 Å². The van der Waals surface area contributed by atoms with Crippen LogP contribution in [0.1, 0.15) is 24.8 Å². The fraction of sp³-hybridized carbons (Fsp3) is 0.545. The van der Waals surface area contributed by atoms with Crippen molar-refractivity contribution in [1.29, 1.82) is 0 Å². The van der Waals surface area contributed by atoms with Crippen LogP contribution in [0.4, 0.5) is 19.0 Å². The number of halogens is 4. The lowest BCUT2D eigenvalue weighted by Crippen LogP contribution is -2.13. The third-order valence-electron chi connectivity index (χ3n) is 2.29. The maximum absolute atomic E-state index is 12.7. The van der Waals surface area contributed by atoms with Gasteiger partial charge in [0.05, 0.1) is 5.56 Å². The highest BCUT2D eigenvalue weighted by molar-refractivity contribution is 9.10. The van der Waals surface area contributed by atoms with Gasteiger partial charge in [0.15, 0.2) is 0 Å². The largest absolute Gasteiger partial charge is 0.419 e. The van der Waals surface area contributed by atoms with Gasteiger partial charge in [0.25, 0.3) is 0 Å². The molecule has 3 nitrogen and oxygen atoms in total. The first kappa shape index (κ1) is 15.2. The van der Waals surface area contributed by atoms with E-state index in [2.05, 4.69) is 26.2 Å². The standard InChI is InChI=1S/C11H14BrF3N2O/c12-8-6-9(11(13,14)15)10(17-7-8)16-4-2-1-3-5-18/h6-7,18H,1-5H2,(H,16,17). The van der Waals surface area contributed by atoms with Crippen LogP contribution in [-0.4, -0.2) is 23.2 Å². The molecule has 0 aliphatic heterocycles. The minimum absolute atomic E-state index is 0.102. The number of anilines is 1. The van der Waals surface area contributed by atoms with E-state index < -0.39 is 11.7 Å². The maximum Gasteiger partial charge on any atom is 0.419 e. The van der Waals surface area contributed by atoms with Crippen molar-refractivity contribution in [3.05, 3.63) is 22.3 Å². The molecule has 0 bridgehead atoms. The van der Waals surface area contributed by atoms with Gasteiger partial charge >= 0.3 is 6.18 Å². The molecule has 0 aliphatic carbocycles. The predicted molar refractivity (Wildman–Crippen MR) is 66.4 cm³/mol. The van der Waals surface area contributed by atoms with E-state index >= 15 is 0 Å². The minimum atomic E-state index is -4.43. The van der Waals surface area contributed by atoms with Crippen LogP contribution in [0.2, 0.25) is 0 Å². The summed E-state index contributed by atoms with van der Waals surface area (Å²) in [6.45, 7) is 0.502. The Bertz CT molecular complexity index is 385. The van der Waals surface area contributed by atoms with Crippen LogP contribution in [0.3, 0.4) is 0 Å². The molecular formula is C11H14BrF3N2O. The van der Waals surface area contributed by atoms with Crippen molar-refractivity contribution in [3.63, 3.8) is 0 Å². The SMILES string of the molecule is OCCCCCNc1ncc(Br)cc1C(F)(F)F. The Labute approximate surface area is 112 Å². The van der Waals surface area contributed by atoms with Crippen molar-refractivity contribution in [2.75, 3.05) is 18.5 Å². The monoisotopic (exact) mass is 326 g/mol. The molecule has 18 heavy (non-hydrogen) atoms. The van der Waals surface area contributed by atoms with Gasteiger partial charge < -0.3 is 10.4 Å². The highest BCUT2D eigenvalue weighted by atomic mass is 79.9. The normalized spacial score (nSPS) is 11.6. The molecule has 1 rings (SSSR count). The van der Waals surface area contributed by atoms with Crippen LogP contribution in [-0.2, 0) is 6.18 Å². The molecule has 1 heterocycles. The number of nitrogens with one attached hydrogen (secondary N) is 1. The maximum atomic E-state index is 12.7. The number of hydrogen-bond donors (Lipinski definition) is 2. The number of aliphatic hydroxyl groups excluding tert-OH is 1. The van der Waals surface area contributed by atoms with Gasteiger partial charge in [-0.1, -0.05) is 0 Å². The van der Waals surface area contributed by atoms with Crippen LogP contribution < -0.4 is 5.32 Å². The lowest BCUT2D eigenvalue weighted by Gasteiger charge is -2.13. The van der Waals surface area contributed by atoms with Crippen LogP contribution >= 0.6 is 15.9 Å². The number of alkyl halides is 3. The number of aliphatic hydroxyl groups is 1. The molecule has 102 valence electrons. The van der Waals surface area contributed by atoms with Gasteiger partial charge in [-0.3, -0.25) is 0 Å². The van der Waals surface area contributed by atoms with Crippen molar-refractivity contribution >= 4 is 21.7 Å². The molecule has 0 aliphatic rings. The third-order valence-corrected chi connectivity index (χ3v) is 2.72. The summed E-state index contributed by atoms with van der Waals surface area (Å²) < 4.78 is 38.5. The molecule has 0 amide bonds. The molecule has 1 aromatic heterocycles. The van der Waals surface area contributed by atoms with Crippen molar-refractivity contribution in [3.8, 4) is 0 Å². The quantitative estimate of drug-likeness (QED) is 0.787. The Hall–Kier alpha value is -0.820. The zero-order valence-electron chi connectivity index (χ0n) is 9.60. The molecule has 0 radical (unpaired) electrons. The Morgan fingerprint density at radius 2 is 2.00 bits per heavy atom. The van der Waals surface area contributed by atoms with Gasteiger partial charge in [-0.15, -0.1) is 0 Å². The number of unbranched alkanes of at least 4 members (excludes halogenated alkanes) is 2. The van der Waals surface area contributed by atoms with E-state index in [1.54, 1.807) is 0 Å². The minimum Gasteiger partial charge on any atom is -0.396 e. The summed E-state index contributed by atoms with van der Waals surface area (Å²) in [5.41, 5.74) is -0.779. The Morgan fingerprint density at radius 3 is 2.61 bits per heavy atom. The first-order valence-corrected chi connectivity index (χ1v) is 6.32. The zero-order valence-corrected chi connectivity index (χ0v) is 11.2. The molecule has 1 aromatic rings. The molecule has 0 saturated heterocycles. The van der Waals surface area contributed by atoms with Gasteiger partial charge in [0, 0.05) is 23.8 Å². The van der Waals surface area contributed by atoms with Crippen molar-refractivity contribution in [2.24, 2.45) is 0 Å². The van der Waals surface area contributed by atoms with Crippen LogP contribution in [0.15, 0.2) is 16.7 Å². The van der Waals surface area contributed by atoms with Crippen LogP contribution in [0.5, 0.6) is 0 Å². The van der Waals surface area contributed by atoms with Crippen molar-refractivity contribution in [2.45, 2.75) is 25.4 Å². The summed E-state index contributed by atoms with van der Waals surface area (Å²) >= 11 is 2.97. The summed E-state index contributed by atoms with van der Waals surface area (Å²) in [7, 11) is 0. The fourth-order valence-electron chi connectivity index (χ4n) is 1.42. The van der Waals surface area contributed by atoms with Gasteiger partial charge in [0.1, 0.15) is 5.82 Å². The average Bonchev–Trinajstić information content (AvgIpc) is 2.29. The Morgan fingerprint density at radius 1 is 1.28 bits per heavy atom. The summed E-state index contributed by atoms with van der Waals surface area (Å²) in [5, 5.41) is 11.2. The molecule has 0 fully saturated rings. The Kier molecular flexibility index (Phi) is 5.87. The van der Waals surface area contributed by atoms with Crippen LogP contribution in [0.25, 0.3) is 0 Å². The second kappa shape index (κ2) is 6.94. The van der Waals surface area contributed by atoms with Crippen LogP contribution in [0, 0.1) is 0 Å². The molecular weight excluding hydrogens is 313 g/mol. The highest BCUT2D eigenvalue weighted by Crippen LogP contribution is 2.35. The molecule has 0 spiro atoms. The predicted octanol–water partition coefficient (Wildman–Crippen LogP) is 3.44. The number of pyridine rings is 1. The van der Waals surface area contributed by atoms with E-state index in [9.17, 15) is 13.2 Å². The van der Waals surface area contributed by atoms with E-state index in [0.717, 1.165) is 12.5 Å². The number of hydrogen-bond acceptors (Lipinski definition) is 3. The van der Waals surface area contributed by atoms with E-state index in [4.69, 9.17) is 5.11 Å². The van der Waals surface area contributed by atoms with Gasteiger partial charge in [0.2, 0.25) is 0 Å².